The van der Waals surface area contributed by atoms with Crippen molar-refractivity contribution >= 4 is 53.2 Å². The Morgan fingerprint density at radius 3 is 2.67 bits per heavy atom. The van der Waals surface area contributed by atoms with Gasteiger partial charge in [0.1, 0.15) is 5.69 Å². The van der Waals surface area contributed by atoms with Crippen LogP contribution in [0.3, 0.4) is 0 Å². The molecule has 1 aliphatic heterocycles. The summed E-state index contributed by atoms with van der Waals surface area (Å²) < 4.78 is 0. The van der Waals surface area contributed by atoms with Crippen LogP contribution in [0.25, 0.3) is 10.9 Å². The second kappa shape index (κ2) is 7.27. The zero-order chi connectivity index (χ0) is 13.4. The summed E-state index contributed by atoms with van der Waals surface area (Å²) in [5.74, 6) is -0.0603. The summed E-state index contributed by atoms with van der Waals surface area (Å²) in [5, 5.41) is 1.59. The minimum Gasteiger partial charge on any atom is -0.336 e. The van der Waals surface area contributed by atoms with Crippen LogP contribution in [0, 0.1) is 0 Å². The lowest BCUT2D eigenvalue weighted by Crippen LogP contribution is -2.32. The van der Waals surface area contributed by atoms with E-state index < -0.39 is 0 Å². The van der Waals surface area contributed by atoms with Crippen LogP contribution < -0.4 is 5.73 Å². The summed E-state index contributed by atoms with van der Waals surface area (Å²) in [7, 11) is 0. The topological polar surface area (TPSA) is 59.2 Å². The van der Waals surface area contributed by atoms with Gasteiger partial charge in [-0.3, -0.25) is 4.79 Å². The molecule has 1 aromatic heterocycles. The van der Waals surface area contributed by atoms with Crippen LogP contribution in [0.1, 0.15) is 16.9 Å². The summed E-state index contributed by atoms with van der Waals surface area (Å²) in [4.78, 5) is 18.4. The van der Waals surface area contributed by atoms with Gasteiger partial charge in [-0.1, -0.05) is 23.7 Å². The van der Waals surface area contributed by atoms with Crippen molar-refractivity contribution in [3.63, 3.8) is 0 Å². The number of benzene rings is 1. The van der Waals surface area contributed by atoms with Crippen LogP contribution in [0.5, 0.6) is 0 Å². The second-order valence-electron chi connectivity index (χ2n) is 4.83. The molecule has 4 nitrogen and oxygen atoms in total. The zero-order valence-electron chi connectivity index (χ0n) is 11.2. The number of likely N-dealkylation sites (tertiary alicyclic amines) is 1. The molecule has 21 heavy (non-hydrogen) atoms. The fourth-order valence-electron chi connectivity index (χ4n) is 2.34. The lowest BCUT2D eigenvalue weighted by Gasteiger charge is -2.15. The van der Waals surface area contributed by atoms with Crippen LogP contribution in [0.2, 0.25) is 5.02 Å². The van der Waals surface area contributed by atoms with Crippen molar-refractivity contribution in [3.8, 4) is 0 Å². The molecule has 0 saturated carbocycles. The SMILES string of the molecule is Cl.Cl.NC1CCN(C(=O)c2ccc3ccc(Cl)cc3n2)C1. The molecule has 114 valence electrons. The summed E-state index contributed by atoms with van der Waals surface area (Å²) in [6.07, 6.45) is 0.852. The molecule has 0 spiro atoms. The number of hydrogen-bond acceptors (Lipinski definition) is 3. The number of nitrogens with two attached hydrogens (primary N) is 1. The molecular formula is C14H16Cl3N3O. The third-order valence-electron chi connectivity index (χ3n) is 3.39. The highest BCUT2D eigenvalue weighted by Crippen LogP contribution is 2.19. The van der Waals surface area contributed by atoms with E-state index >= 15 is 0 Å². The van der Waals surface area contributed by atoms with E-state index in [4.69, 9.17) is 17.3 Å². The first kappa shape index (κ1) is 18.0. The Labute approximate surface area is 140 Å². The van der Waals surface area contributed by atoms with E-state index in [1.165, 1.54) is 0 Å². The lowest BCUT2D eigenvalue weighted by molar-refractivity contribution is 0.0785. The Kier molecular flexibility index (Phi) is 6.23. The van der Waals surface area contributed by atoms with Crippen LogP contribution in [0.4, 0.5) is 0 Å². The summed E-state index contributed by atoms with van der Waals surface area (Å²) in [6.45, 7) is 1.31. The van der Waals surface area contributed by atoms with Gasteiger partial charge >= 0.3 is 0 Å². The first-order chi connectivity index (χ1) is 9.13. The van der Waals surface area contributed by atoms with Crippen molar-refractivity contribution in [2.75, 3.05) is 13.1 Å². The minimum absolute atomic E-state index is 0. The molecule has 1 amide bonds. The average Bonchev–Trinajstić information content (AvgIpc) is 2.83. The largest absolute Gasteiger partial charge is 0.336 e. The van der Waals surface area contributed by atoms with Crippen LogP contribution in [-0.2, 0) is 0 Å². The quantitative estimate of drug-likeness (QED) is 0.862. The highest BCUT2D eigenvalue weighted by molar-refractivity contribution is 6.31. The number of nitrogens with zero attached hydrogens (tertiary/aromatic N) is 2. The number of hydrogen-bond donors (Lipinski definition) is 1. The number of fused-ring (bicyclic) bond motifs is 1. The molecule has 1 unspecified atom stereocenters. The average molecular weight is 349 g/mol. The first-order valence-corrected chi connectivity index (χ1v) is 6.62. The van der Waals surface area contributed by atoms with Gasteiger partial charge < -0.3 is 10.6 Å². The molecule has 1 atom stereocenters. The normalized spacial score (nSPS) is 17.2. The van der Waals surface area contributed by atoms with Gasteiger partial charge in [0.25, 0.3) is 5.91 Å². The fraction of sp³-hybridized carbons (Fsp3) is 0.286. The van der Waals surface area contributed by atoms with E-state index in [2.05, 4.69) is 4.98 Å². The van der Waals surface area contributed by atoms with Crippen LogP contribution in [0.15, 0.2) is 30.3 Å². The number of carbonyl (C=O) groups is 1. The Hall–Kier alpha value is -1.07. The van der Waals surface area contributed by atoms with Gasteiger partial charge in [0.15, 0.2) is 0 Å². The Morgan fingerprint density at radius 1 is 1.29 bits per heavy atom. The molecule has 7 heteroatoms. The molecule has 2 heterocycles. The van der Waals surface area contributed by atoms with E-state index in [9.17, 15) is 4.79 Å². The van der Waals surface area contributed by atoms with Crippen LogP contribution >= 0.6 is 36.4 Å². The molecule has 1 aromatic carbocycles. The van der Waals surface area contributed by atoms with Crippen molar-refractivity contribution in [1.29, 1.82) is 0 Å². The molecule has 1 saturated heterocycles. The smallest absolute Gasteiger partial charge is 0.272 e. The van der Waals surface area contributed by atoms with Crippen molar-refractivity contribution in [1.82, 2.24) is 9.88 Å². The maximum Gasteiger partial charge on any atom is 0.272 e. The van der Waals surface area contributed by atoms with Crippen molar-refractivity contribution in [2.45, 2.75) is 12.5 Å². The molecule has 0 radical (unpaired) electrons. The zero-order valence-corrected chi connectivity index (χ0v) is 13.5. The highest BCUT2D eigenvalue weighted by atomic mass is 35.5. The molecule has 1 aliphatic rings. The number of aromatic nitrogens is 1. The van der Waals surface area contributed by atoms with E-state index in [1.54, 1.807) is 17.0 Å². The Balaban J connectivity index is 0.00000110. The maximum atomic E-state index is 12.3. The predicted octanol–water partition coefficient (Wildman–Crippen LogP) is 2.91. The van der Waals surface area contributed by atoms with Crippen LogP contribution in [-0.4, -0.2) is 34.9 Å². The molecule has 2 aromatic rings. The van der Waals surface area contributed by atoms with Crippen molar-refractivity contribution in [3.05, 3.63) is 41.0 Å². The van der Waals surface area contributed by atoms with E-state index in [0.717, 1.165) is 17.3 Å². The van der Waals surface area contributed by atoms with Gasteiger partial charge in [-0.05, 0) is 24.6 Å². The number of rotatable bonds is 1. The molecular weight excluding hydrogens is 333 g/mol. The number of carbonyl (C=O) groups excluding carboxylic acids is 1. The molecule has 0 bridgehead atoms. The van der Waals surface area contributed by atoms with Crippen molar-refractivity contribution in [2.24, 2.45) is 5.73 Å². The van der Waals surface area contributed by atoms with E-state index in [-0.39, 0.29) is 36.8 Å². The van der Waals surface area contributed by atoms with Gasteiger partial charge in [-0.15, -0.1) is 24.8 Å². The number of halogens is 3. The van der Waals surface area contributed by atoms with E-state index in [1.807, 2.05) is 18.2 Å². The third kappa shape index (κ3) is 3.77. The molecule has 2 N–H and O–H groups in total. The van der Waals surface area contributed by atoms with E-state index in [0.29, 0.717) is 23.8 Å². The summed E-state index contributed by atoms with van der Waals surface area (Å²) in [5.41, 5.74) is 7.01. The first-order valence-electron chi connectivity index (χ1n) is 6.24. The number of pyridine rings is 1. The van der Waals surface area contributed by atoms with Gasteiger partial charge in [0, 0.05) is 29.5 Å². The Morgan fingerprint density at radius 2 is 2.00 bits per heavy atom. The van der Waals surface area contributed by atoms with Gasteiger partial charge in [0.2, 0.25) is 0 Å². The monoisotopic (exact) mass is 347 g/mol. The second-order valence-corrected chi connectivity index (χ2v) is 5.27. The third-order valence-corrected chi connectivity index (χ3v) is 3.62. The Bertz CT molecular complexity index is 650. The van der Waals surface area contributed by atoms with Gasteiger partial charge in [0.05, 0.1) is 5.52 Å². The van der Waals surface area contributed by atoms with Crippen molar-refractivity contribution < 1.29 is 4.79 Å². The van der Waals surface area contributed by atoms with Gasteiger partial charge in [-0.2, -0.15) is 0 Å². The predicted molar refractivity (Wildman–Crippen MR) is 89.7 cm³/mol. The lowest BCUT2D eigenvalue weighted by atomic mass is 10.2. The molecule has 0 aliphatic carbocycles. The highest BCUT2D eigenvalue weighted by Gasteiger charge is 2.25. The molecule has 1 fully saturated rings. The minimum atomic E-state index is -0.0603. The number of amides is 1. The van der Waals surface area contributed by atoms with Gasteiger partial charge in [-0.25, -0.2) is 4.98 Å². The summed E-state index contributed by atoms with van der Waals surface area (Å²) in [6, 6.07) is 9.20. The molecule has 3 rings (SSSR count). The maximum absolute atomic E-state index is 12.3. The summed E-state index contributed by atoms with van der Waals surface area (Å²) >= 11 is 5.94. The fourth-order valence-corrected chi connectivity index (χ4v) is 2.51. The standard InChI is InChI=1S/C14H14ClN3O.2ClH/c15-10-3-1-9-2-4-12(17-13(9)7-10)14(19)18-6-5-11(16)8-18;;/h1-4,7,11H,5-6,8,16H2;2*1H.